The van der Waals surface area contributed by atoms with Gasteiger partial charge in [-0.25, -0.2) is 0 Å². The second-order valence-corrected chi connectivity index (χ2v) is 5.30. The molecular formula is C13H14N2S2. The molecule has 1 aromatic carbocycles. The molecule has 0 saturated heterocycles. The third kappa shape index (κ3) is 2.56. The summed E-state index contributed by atoms with van der Waals surface area (Å²) in [5.74, 6) is 4.38. The molecule has 4 heteroatoms. The van der Waals surface area contributed by atoms with Crippen molar-refractivity contribution in [3.05, 3.63) is 28.5 Å². The van der Waals surface area contributed by atoms with Crippen LogP contribution in [0.15, 0.2) is 18.2 Å². The zero-order valence-corrected chi connectivity index (χ0v) is 11.3. The van der Waals surface area contributed by atoms with Crippen LogP contribution in [0, 0.1) is 24.0 Å². The molecule has 2 aromatic rings. The van der Waals surface area contributed by atoms with E-state index >= 15 is 0 Å². The van der Waals surface area contributed by atoms with Gasteiger partial charge < -0.3 is 9.55 Å². The van der Waals surface area contributed by atoms with E-state index in [2.05, 4.69) is 34.5 Å². The number of aromatic nitrogens is 2. The first-order valence-corrected chi connectivity index (χ1v) is 6.99. The Morgan fingerprint density at radius 1 is 1.53 bits per heavy atom. The summed E-state index contributed by atoms with van der Waals surface area (Å²) < 4.78 is 2.94. The Morgan fingerprint density at radius 2 is 2.35 bits per heavy atom. The number of aromatic amines is 1. The maximum atomic E-state index is 5.35. The van der Waals surface area contributed by atoms with Crippen LogP contribution in [-0.4, -0.2) is 21.1 Å². The number of para-hydroxylation sites is 1. The van der Waals surface area contributed by atoms with Gasteiger partial charge in [0.25, 0.3) is 0 Å². The summed E-state index contributed by atoms with van der Waals surface area (Å²) in [6.45, 7) is 3.01. The Hall–Kier alpha value is -1.18. The lowest BCUT2D eigenvalue weighted by molar-refractivity contribution is 0.782. The molecule has 0 fully saturated rings. The summed E-state index contributed by atoms with van der Waals surface area (Å²) in [4.78, 5) is 3.24. The Morgan fingerprint density at radius 3 is 3.12 bits per heavy atom. The molecule has 1 aromatic heterocycles. The number of aryl methyl sites for hydroxylation is 2. The van der Waals surface area contributed by atoms with Crippen molar-refractivity contribution >= 4 is 35.0 Å². The average molecular weight is 262 g/mol. The van der Waals surface area contributed by atoms with E-state index in [1.807, 2.05) is 6.07 Å². The number of rotatable bonds is 4. The number of hydrogen-bond acceptors (Lipinski definition) is 2. The van der Waals surface area contributed by atoms with Crippen molar-refractivity contribution in [1.82, 2.24) is 9.55 Å². The van der Waals surface area contributed by atoms with Crippen molar-refractivity contribution in [3.63, 3.8) is 0 Å². The zero-order chi connectivity index (χ0) is 12.3. The number of nitrogens with zero attached hydrogens (tertiary/aromatic N) is 1. The average Bonchev–Trinajstić information content (AvgIpc) is 2.62. The molecule has 2 rings (SSSR count). The number of nitrogens with one attached hydrogen (secondary N) is 1. The van der Waals surface area contributed by atoms with Crippen molar-refractivity contribution in [2.45, 2.75) is 13.5 Å². The zero-order valence-electron chi connectivity index (χ0n) is 9.69. The highest BCUT2D eigenvalue weighted by Gasteiger charge is 2.05. The normalized spacial score (nSPS) is 10.6. The Kier molecular flexibility index (Phi) is 3.93. The SMILES string of the molecule is C#CCSCCn1c(=S)[nH]c2cccc(C)c21. The van der Waals surface area contributed by atoms with Gasteiger partial charge in [-0.05, 0) is 30.8 Å². The molecule has 0 aliphatic carbocycles. The molecule has 0 unspecified atom stereocenters. The van der Waals surface area contributed by atoms with Gasteiger partial charge in [-0.3, -0.25) is 0 Å². The fourth-order valence-electron chi connectivity index (χ4n) is 1.90. The van der Waals surface area contributed by atoms with Crippen LogP contribution >= 0.6 is 24.0 Å². The van der Waals surface area contributed by atoms with Crippen molar-refractivity contribution in [2.24, 2.45) is 0 Å². The predicted octanol–water partition coefficient (Wildman–Crippen LogP) is 3.37. The van der Waals surface area contributed by atoms with Gasteiger partial charge >= 0.3 is 0 Å². The van der Waals surface area contributed by atoms with Crippen molar-refractivity contribution in [1.29, 1.82) is 0 Å². The number of thioether (sulfide) groups is 1. The molecular weight excluding hydrogens is 248 g/mol. The maximum absolute atomic E-state index is 5.35. The van der Waals surface area contributed by atoms with E-state index < -0.39 is 0 Å². The molecule has 0 radical (unpaired) electrons. The van der Waals surface area contributed by atoms with Gasteiger partial charge in [0.05, 0.1) is 16.8 Å². The molecule has 0 atom stereocenters. The summed E-state index contributed by atoms with van der Waals surface area (Å²) >= 11 is 7.11. The molecule has 0 amide bonds. The minimum absolute atomic E-state index is 0.759. The topological polar surface area (TPSA) is 20.7 Å². The van der Waals surface area contributed by atoms with E-state index in [1.165, 1.54) is 11.1 Å². The summed E-state index contributed by atoms with van der Waals surface area (Å²) in [7, 11) is 0. The molecule has 2 nitrogen and oxygen atoms in total. The number of benzene rings is 1. The smallest absolute Gasteiger partial charge is 0.178 e. The first kappa shape index (κ1) is 12.3. The van der Waals surface area contributed by atoms with Gasteiger partial charge in [0, 0.05) is 12.3 Å². The molecule has 17 heavy (non-hydrogen) atoms. The molecule has 0 saturated carbocycles. The Balaban J connectivity index is 2.30. The standard InChI is InChI=1S/C13H14N2S2/c1-3-8-17-9-7-15-12-10(2)5-4-6-11(12)14-13(15)16/h1,4-6H,7-9H2,2H3,(H,14,16). The second kappa shape index (κ2) is 5.44. The minimum Gasteiger partial charge on any atom is -0.331 e. The number of imidazole rings is 1. The monoisotopic (exact) mass is 262 g/mol. The Bertz CT molecular complexity index is 616. The maximum Gasteiger partial charge on any atom is 0.178 e. The van der Waals surface area contributed by atoms with Crippen molar-refractivity contribution in [3.8, 4) is 12.3 Å². The van der Waals surface area contributed by atoms with Crippen LogP contribution in [0.1, 0.15) is 5.56 Å². The van der Waals surface area contributed by atoms with E-state index in [0.29, 0.717) is 0 Å². The van der Waals surface area contributed by atoms with Crippen molar-refractivity contribution < 1.29 is 0 Å². The van der Waals surface area contributed by atoms with E-state index in [9.17, 15) is 0 Å². The summed E-state index contributed by atoms with van der Waals surface area (Å²) in [5, 5.41) is 0. The minimum atomic E-state index is 0.759. The van der Waals surface area contributed by atoms with Crippen LogP contribution in [-0.2, 0) is 6.54 Å². The first-order valence-electron chi connectivity index (χ1n) is 5.43. The molecule has 1 heterocycles. The fourth-order valence-corrected chi connectivity index (χ4v) is 2.77. The number of fused-ring (bicyclic) bond motifs is 1. The van der Waals surface area contributed by atoms with Crippen molar-refractivity contribution in [2.75, 3.05) is 11.5 Å². The highest BCUT2D eigenvalue weighted by molar-refractivity contribution is 7.99. The van der Waals surface area contributed by atoms with E-state index in [1.54, 1.807) is 11.8 Å². The number of hydrogen-bond donors (Lipinski definition) is 1. The molecule has 0 bridgehead atoms. The van der Waals surface area contributed by atoms with Crippen LogP contribution in [0.4, 0.5) is 0 Å². The quantitative estimate of drug-likeness (QED) is 0.518. The fraction of sp³-hybridized carbons (Fsp3) is 0.308. The van der Waals surface area contributed by atoms with Gasteiger partial charge in [0.15, 0.2) is 4.77 Å². The van der Waals surface area contributed by atoms with Gasteiger partial charge in [-0.15, -0.1) is 18.2 Å². The molecule has 1 N–H and O–H groups in total. The molecule has 0 aliphatic heterocycles. The Labute approximate surface area is 110 Å². The van der Waals surface area contributed by atoms with Gasteiger partial charge in [0.2, 0.25) is 0 Å². The lowest BCUT2D eigenvalue weighted by Crippen LogP contribution is -2.01. The highest BCUT2D eigenvalue weighted by Crippen LogP contribution is 2.18. The predicted molar refractivity (Wildman–Crippen MR) is 78.0 cm³/mol. The van der Waals surface area contributed by atoms with Crippen LogP contribution in [0.2, 0.25) is 0 Å². The highest BCUT2D eigenvalue weighted by atomic mass is 32.2. The summed E-state index contributed by atoms with van der Waals surface area (Å²) in [6, 6.07) is 6.21. The lowest BCUT2D eigenvalue weighted by atomic mass is 10.2. The third-order valence-electron chi connectivity index (χ3n) is 2.64. The van der Waals surface area contributed by atoms with Crippen LogP contribution in [0.25, 0.3) is 11.0 Å². The van der Waals surface area contributed by atoms with Gasteiger partial charge in [-0.1, -0.05) is 18.1 Å². The first-order chi connectivity index (χ1) is 8.24. The van der Waals surface area contributed by atoms with Gasteiger partial charge in [0.1, 0.15) is 0 Å². The third-order valence-corrected chi connectivity index (χ3v) is 3.80. The lowest BCUT2D eigenvalue weighted by Gasteiger charge is -2.05. The largest absolute Gasteiger partial charge is 0.331 e. The molecule has 0 spiro atoms. The number of H-pyrrole nitrogens is 1. The molecule has 0 aliphatic rings. The number of terminal acetylenes is 1. The summed E-state index contributed by atoms with van der Waals surface area (Å²) in [5.41, 5.74) is 3.56. The van der Waals surface area contributed by atoms with E-state index in [0.717, 1.165) is 28.3 Å². The van der Waals surface area contributed by atoms with Gasteiger partial charge in [-0.2, -0.15) is 0 Å². The van der Waals surface area contributed by atoms with E-state index in [-0.39, 0.29) is 0 Å². The summed E-state index contributed by atoms with van der Waals surface area (Å²) in [6.07, 6.45) is 5.23. The van der Waals surface area contributed by atoms with Crippen LogP contribution in [0.3, 0.4) is 0 Å². The van der Waals surface area contributed by atoms with Crippen LogP contribution in [0.5, 0.6) is 0 Å². The van der Waals surface area contributed by atoms with Crippen LogP contribution < -0.4 is 0 Å². The van der Waals surface area contributed by atoms with E-state index in [4.69, 9.17) is 18.6 Å². The molecule has 88 valence electrons. The second-order valence-electron chi connectivity index (χ2n) is 3.81.